The van der Waals surface area contributed by atoms with Gasteiger partial charge in [-0.1, -0.05) is 38.1 Å². The van der Waals surface area contributed by atoms with Gasteiger partial charge in [-0.15, -0.1) is 0 Å². The fourth-order valence-electron chi connectivity index (χ4n) is 3.96. The van der Waals surface area contributed by atoms with E-state index in [0.717, 1.165) is 16.7 Å². The van der Waals surface area contributed by atoms with Crippen LogP contribution < -0.4 is 15.8 Å². The molecule has 2 aliphatic heterocycles. The molecule has 2 aromatic carbocycles. The Bertz CT molecular complexity index is 1030. The van der Waals surface area contributed by atoms with Crippen LogP contribution in [0.15, 0.2) is 30.3 Å². The number of aliphatic hydroxyl groups excluding tert-OH is 1. The molecule has 7 nitrogen and oxygen atoms in total. The molecule has 1 amide bonds. The van der Waals surface area contributed by atoms with Gasteiger partial charge in [0.25, 0.3) is 5.91 Å². The summed E-state index contributed by atoms with van der Waals surface area (Å²) >= 11 is 0. The molecule has 2 aromatic rings. The van der Waals surface area contributed by atoms with Crippen LogP contribution in [-0.4, -0.2) is 36.1 Å². The zero-order valence-corrected chi connectivity index (χ0v) is 17.8. The molecule has 2 aliphatic rings. The van der Waals surface area contributed by atoms with Gasteiger partial charge in [-0.2, -0.15) is 5.26 Å². The average Bonchev–Trinajstić information content (AvgIpc) is 3.40. The van der Waals surface area contributed by atoms with E-state index in [0.29, 0.717) is 42.4 Å². The molecule has 162 valence electrons. The number of amides is 1. The lowest BCUT2D eigenvalue weighted by Crippen LogP contribution is -2.33. The van der Waals surface area contributed by atoms with Crippen molar-refractivity contribution in [2.24, 2.45) is 5.73 Å². The van der Waals surface area contributed by atoms with Crippen molar-refractivity contribution in [3.8, 4) is 22.9 Å². The van der Waals surface area contributed by atoms with Gasteiger partial charge in [0.15, 0.2) is 5.60 Å². The molecule has 0 aliphatic carbocycles. The van der Waals surface area contributed by atoms with E-state index in [-0.39, 0.29) is 18.9 Å². The number of carbonyl (C=O) groups is 1. The Labute approximate surface area is 181 Å². The number of benzene rings is 2. The molecule has 4 N–H and O–H groups in total. The Hall–Kier alpha value is -2.92. The Morgan fingerprint density at radius 3 is 2.65 bits per heavy atom. The zero-order valence-electron chi connectivity index (χ0n) is 17.8. The van der Waals surface area contributed by atoms with Crippen LogP contribution >= 0.6 is 0 Å². The van der Waals surface area contributed by atoms with Crippen molar-refractivity contribution >= 4 is 11.6 Å². The SMILES string of the molecule is CC(C)c1ccc(-c2cc(NC(=O)[C@@]3(CCC(N)O)CO3)c(C#N)c3c2OCC3)cc1. The predicted molar refractivity (Wildman–Crippen MR) is 117 cm³/mol. The Morgan fingerprint density at radius 2 is 2.06 bits per heavy atom. The number of nitriles is 1. The second-order valence-corrected chi connectivity index (χ2v) is 8.48. The predicted octanol–water partition coefficient (Wildman–Crippen LogP) is 3.05. The summed E-state index contributed by atoms with van der Waals surface area (Å²) in [6, 6.07) is 12.3. The average molecular weight is 421 g/mol. The molecule has 0 bridgehead atoms. The molecule has 1 unspecified atom stereocenters. The summed E-state index contributed by atoms with van der Waals surface area (Å²) in [6.45, 7) is 5.06. The van der Waals surface area contributed by atoms with Crippen LogP contribution in [0.3, 0.4) is 0 Å². The van der Waals surface area contributed by atoms with Gasteiger partial charge >= 0.3 is 0 Å². The van der Waals surface area contributed by atoms with Gasteiger partial charge in [0, 0.05) is 17.5 Å². The molecular weight excluding hydrogens is 394 g/mol. The summed E-state index contributed by atoms with van der Waals surface area (Å²) in [4.78, 5) is 12.9. The minimum absolute atomic E-state index is 0.254. The van der Waals surface area contributed by atoms with Gasteiger partial charge in [0.05, 0.1) is 24.5 Å². The molecule has 1 saturated heterocycles. The van der Waals surface area contributed by atoms with Gasteiger partial charge in [-0.25, -0.2) is 0 Å². The van der Waals surface area contributed by atoms with E-state index in [1.54, 1.807) is 6.07 Å². The number of nitrogens with one attached hydrogen (secondary N) is 1. The van der Waals surface area contributed by atoms with Crippen molar-refractivity contribution in [1.82, 2.24) is 0 Å². The van der Waals surface area contributed by atoms with Gasteiger partial charge in [-0.3, -0.25) is 4.79 Å². The van der Waals surface area contributed by atoms with Crippen molar-refractivity contribution in [1.29, 1.82) is 5.26 Å². The lowest BCUT2D eigenvalue weighted by molar-refractivity contribution is -0.121. The normalized spacial score (nSPS) is 20.0. The molecule has 0 aromatic heterocycles. The Balaban J connectivity index is 1.69. The Morgan fingerprint density at radius 1 is 1.35 bits per heavy atom. The summed E-state index contributed by atoms with van der Waals surface area (Å²) in [5, 5.41) is 22.1. The number of ether oxygens (including phenoxy) is 2. The van der Waals surface area contributed by atoms with Crippen LogP contribution in [0.5, 0.6) is 5.75 Å². The molecule has 31 heavy (non-hydrogen) atoms. The fraction of sp³-hybridized carbons (Fsp3) is 0.417. The third kappa shape index (κ3) is 4.15. The second-order valence-electron chi connectivity index (χ2n) is 8.48. The topological polar surface area (TPSA) is 121 Å². The van der Waals surface area contributed by atoms with Crippen molar-refractivity contribution in [3.05, 3.63) is 47.0 Å². The first-order chi connectivity index (χ1) is 14.8. The summed E-state index contributed by atoms with van der Waals surface area (Å²) in [5.41, 5.74) is 9.13. The van der Waals surface area contributed by atoms with Crippen molar-refractivity contribution in [2.45, 2.75) is 50.9 Å². The maximum absolute atomic E-state index is 12.9. The molecule has 4 rings (SSSR count). The molecule has 0 radical (unpaired) electrons. The highest BCUT2D eigenvalue weighted by atomic mass is 16.6. The smallest absolute Gasteiger partial charge is 0.259 e. The van der Waals surface area contributed by atoms with Crippen LogP contribution in [0.25, 0.3) is 11.1 Å². The lowest BCUT2D eigenvalue weighted by atomic mass is 9.93. The number of carbonyl (C=O) groups excluding carboxylic acids is 1. The van der Waals surface area contributed by atoms with E-state index in [4.69, 9.17) is 15.2 Å². The minimum Gasteiger partial charge on any atom is -0.492 e. The highest BCUT2D eigenvalue weighted by molar-refractivity contribution is 6.01. The number of rotatable bonds is 7. The molecular formula is C24H27N3O4. The zero-order chi connectivity index (χ0) is 22.2. The highest BCUT2D eigenvalue weighted by Gasteiger charge is 2.52. The first-order valence-electron chi connectivity index (χ1n) is 10.6. The van der Waals surface area contributed by atoms with Crippen LogP contribution in [0.2, 0.25) is 0 Å². The second kappa shape index (κ2) is 8.31. The molecule has 2 heterocycles. The molecule has 0 spiro atoms. The summed E-state index contributed by atoms with van der Waals surface area (Å²) < 4.78 is 11.3. The largest absolute Gasteiger partial charge is 0.492 e. The Kier molecular flexibility index (Phi) is 5.71. The van der Waals surface area contributed by atoms with E-state index in [1.807, 2.05) is 12.1 Å². The number of epoxide rings is 1. The number of nitrogens with zero attached hydrogens (tertiary/aromatic N) is 1. The third-order valence-electron chi connectivity index (χ3n) is 5.98. The fourth-order valence-corrected chi connectivity index (χ4v) is 3.96. The number of aliphatic hydroxyl groups is 1. The van der Waals surface area contributed by atoms with Crippen molar-refractivity contribution < 1.29 is 19.4 Å². The van der Waals surface area contributed by atoms with Crippen molar-refractivity contribution in [3.63, 3.8) is 0 Å². The molecule has 7 heteroatoms. The minimum atomic E-state index is -0.999. The number of fused-ring (bicyclic) bond motifs is 1. The van der Waals surface area contributed by atoms with Crippen LogP contribution in [0, 0.1) is 11.3 Å². The monoisotopic (exact) mass is 421 g/mol. The number of nitrogens with two attached hydrogens (primary N) is 1. The highest BCUT2D eigenvalue weighted by Crippen LogP contribution is 2.43. The van der Waals surface area contributed by atoms with Crippen LogP contribution in [0.4, 0.5) is 5.69 Å². The van der Waals surface area contributed by atoms with Gasteiger partial charge in [-0.05, 0) is 36.0 Å². The maximum Gasteiger partial charge on any atom is 0.259 e. The number of anilines is 1. The van der Waals surface area contributed by atoms with Crippen LogP contribution in [0.1, 0.15) is 49.3 Å². The summed E-state index contributed by atoms with van der Waals surface area (Å²) in [7, 11) is 0. The first-order valence-corrected chi connectivity index (χ1v) is 10.6. The quantitative estimate of drug-likeness (QED) is 0.467. The van der Waals surface area contributed by atoms with Gasteiger partial charge in [0.2, 0.25) is 0 Å². The van der Waals surface area contributed by atoms with E-state index in [2.05, 4.69) is 37.4 Å². The van der Waals surface area contributed by atoms with Gasteiger partial charge < -0.3 is 25.6 Å². The van der Waals surface area contributed by atoms with E-state index >= 15 is 0 Å². The molecule has 1 fully saturated rings. The third-order valence-corrected chi connectivity index (χ3v) is 5.98. The number of hydrogen-bond donors (Lipinski definition) is 3. The van der Waals surface area contributed by atoms with Crippen LogP contribution in [-0.2, 0) is 16.0 Å². The summed E-state index contributed by atoms with van der Waals surface area (Å²) in [6.07, 6.45) is 0.182. The standard InChI is InChI=1S/C24H27N3O4/c1-14(2)15-3-5-16(6-4-15)18-11-20(19(12-25)17-8-10-30-22(17)18)27-23(29)24(13-31-24)9-7-21(26)28/h3-6,11,14,21,28H,7-10,13,26H2,1-2H3,(H,27,29)/t21?,24-/m1/s1. The maximum atomic E-state index is 12.9. The van der Waals surface area contributed by atoms with Crippen molar-refractivity contribution in [2.75, 3.05) is 18.5 Å². The van der Waals surface area contributed by atoms with E-state index in [1.165, 1.54) is 5.56 Å². The molecule has 2 atom stereocenters. The summed E-state index contributed by atoms with van der Waals surface area (Å²) in [5.74, 6) is 0.800. The first kappa shape index (κ1) is 21.3. The van der Waals surface area contributed by atoms with E-state index < -0.39 is 11.8 Å². The van der Waals surface area contributed by atoms with Gasteiger partial charge in [0.1, 0.15) is 18.0 Å². The number of hydrogen-bond acceptors (Lipinski definition) is 6. The lowest BCUT2D eigenvalue weighted by Gasteiger charge is -2.17. The van der Waals surface area contributed by atoms with E-state index in [9.17, 15) is 15.2 Å². The molecule has 0 saturated carbocycles.